The zero-order valence-electron chi connectivity index (χ0n) is 12.3. The lowest BCUT2D eigenvalue weighted by Crippen LogP contribution is -2.33. The number of sulfonamides is 1. The Morgan fingerprint density at radius 2 is 2.00 bits per heavy atom. The molecule has 0 bridgehead atoms. The molecule has 5 nitrogen and oxygen atoms in total. The van der Waals surface area contributed by atoms with Crippen molar-refractivity contribution in [1.29, 1.82) is 0 Å². The van der Waals surface area contributed by atoms with Crippen LogP contribution in [0.2, 0.25) is 0 Å². The van der Waals surface area contributed by atoms with Crippen LogP contribution in [-0.4, -0.2) is 26.0 Å². The molecule has 0 heterocycles. The number of rotatable bonds is 7. The molecule has 0 aliphatic heterocycles. The molecular weight excluding hydrogens is 297 g/mol. The summed E-state index contributed by atoms with van der Waals surface area (Å²) in [6, 6.07) is 3.58. The van der Waals surface area contributed by atoms with E-state index >= 15 is 0 Å². The van der Waals surface area contributed by atoms with Crippen LogP contribution >= 0.6 is 0 Å². The largest absolute Gasteiger partial charge is 0.481 e. The van der Waals surface area contributed by atoms with E-state index in [4.69, 9.17) is 5.11 Å². The quantitative estimate of drug-likeness (QED) is 0.807. The number of carbonyl (C=O) groups is 1. The van der Waals surface area contributed by atoms with Gasteiger partial charge in [0.2, 0.25) is 10.0 Å². The third-order valence-electron chi connectivity index (χ3n) is 3.08. The lowest BCUT2D eigenvalue weighted by atomic mass is 9.98. The lowest BCUT2D eigenvalue weighted by Gasteiger charge is -2.15. The van der Waals surface area contributed by atoms with Crippen molar-refractivity contribution in [3.05, 3.63) is 29.6 Å². The molecule has 21 heavy (non-hydrogen) atoms. The lowest BCUT2D eigenvalue weighted by molar-refractivity contribution is -0.142. The Balaban J connectivity index is 2.84. The summed E-state index contributed by atoms with van der Waals surface area (Å²) in [6.07, 6.45) is 0.361. The summed E-state index contributed by atoms with van der Waals surface area (Å²) in [5.41, 5.74) is 0.345. The molecule has 118 valence electrons. The fraction of sp³-hybridized carbons (Fsp3) is 0.500. The SMILES string of the molecule is Cc1ccc(S(=O)(=O)NCC(CC(C)C)C(=O)O)cc1F. The summed E-state index contributed by atoms with van der Waals surface area (Å²) < 4.78 is 39.7. The fourth-order valence-corrected chi connectivity index (χ4v) is 2.97. The van der Waals surface area contributed by atoms with Gasteiger partial charge in [-0.15, -0.1) is 0 Å². The molecule has 0 radical (unpaired) electrons. The first kappa shape index (κ1) is 17.6. The monoisotopic (exact) mass is 317 g/mol. The maximum absolute atomic E-state index is 13.4. The zero-order chi connectivity index (χ0) is 16.2. The first-order chi connectivity index (χ1) is 9.63. The normalized spacial score (nSPS) is 13.4. The summed E-state index contributed by atoms with van der Waals surface area (Å²) in [6.45, 7) is 5.03. The van der Waals surface area contributed by atoms with Crippen molar-refractivity contribution in [2.45, 2.75) is 32.1 Å². The third kappa shape index (κ3) is 5.09. The van der Waals surface area contributed by atoms with E-state index < -0.39 is 27.7 Å². The molecule has 1 unspecified atom stereocenters. The average Bonchev–Trinajstić information content (AvgIpc) is 2.37. The molecule has 0 spiro atoms. The summed E-state index contributed by atoms with van der Waals surface area (Å²) in [4.78, 5) is 10.9. The van der Waals surface area contributed by atoms with Crippen LogP contribution in [0, 0.1) is 24.6 Å². The summed E-state index contributed by atoms with van der Waals surface area (Å²) in [7, 11) is -3.92. The topological polar surface area (TPSA) is 83.5 Å². The highest BCUT2D eigenvalue weighted by Crippen LogP contribution is 2.16. The Hall–Kier alpha value is -1.47. The molecule has 1 atom stereocenters. The van der Waals surface area contributed by atoms with Crippen LogP contribution in [0.15, 0.2) is 23.1 Å². The maximum Gasteiger partial charge on any atom is 0.307 e. The average molecular weight is 317 g/mol. The Kier molecular flexibility index (Phi) is 5.86. The molecule has 0 saturated carbocycles. The first-order valence-electron chi connectivity index (χ1n) is 6.62. The van der Waals surface area contributed by atoms with Gasteiger partial charge >= 0.3 is 5.97 Å². The molecule has 0 fully saturated rings. The Labute approximate surface area is 124 Å². The van der Waals surface area contributed by atoms with Crippen LogP contribution in [0.5, 0.6) is 0 Å². The van der Waals surface area contributed by atoms with Crippen molar-refractivity contribution < 1.29 is 22.7 Å². The number of aliphatic carboxylic acids is 1. The van der Waals surface area contributed by atoms with Crippen LogP contribution in [-0.2, 0) is 14.8 Å². The summed E-state index contributed by atoms with van der Waals surface area (Å²) in [5, 5.41) is 9.08. The zero-order valence-corrected chi connectivity index (χ0v) is 13.1. The van der Waals surface area contributed by atoms with Crippen molar-refractivity contribution >= 4 is 16.0 Å². The molecule has 7 heteroatoms. The molecule has 0 saturated heterocycles. The van der Waals surface area contributed by atoms with Gasteiger partial charge in [0.25, 0.3) is 0 Å². The number of aryl methyl sites for hydroxylation is 1. The van der Waals surface area contributed by atoms with Crippen LogP contribution < -0.4 is 4.72 Å². The molecular formula is C14H20FNO4S. The van der Waals surface area contributed by atoms with Crippen molar-refractivity contribution in [1.82, 2.24) is 4.72 Å². The van der Waals surface area contributed by atoms with E-state index in [1.54, 1.807) is 0 Å². The highest BCUT2D eigenvalue weighted by Gasteiger charge is 2.23. The fourth-order valence-electron chi connectivity index (χ4n) is 1.87. The Morgan fingerprint density at radius 1 is 1.38 bits per heavy atom. The van der Waals surface area contributed by atoms with Crippen LogP contribution in [0.25, 0.3) is 0 Å². The number of nitrogens with one attached hydrogen (secondary N) is 1. The van der Waals surface area contributed by atoms with E-state index in [0.29, 0.717) is 12.0 Å². The Bertz CT molecular complexity index is 613. The number of halogens is 1. The van der Waals surface area contributed by atoms with Crippen LogP contribution in [0.1, 0.15) is 25.8 Å². The standard InChI is InChI=1S/C14H20FNO4S/c1-9(2)6-11(14(17)18)8-16-21(19,20)12-5-4-10(3)13(15)7-12/h4-5,7,9,11,16H,6,8H2,1-3H3,(H,17,18). The maximum atomic E-state index is 13.4. The van der Waals surface area contributed by atoms with Gasteiger partial charge in [-0.05, 0) is 37.0 Å². The van der Waals surface area contributed by atoms with Crippen LogP contribution in [0.4, 0.5) is 4.39 Å². The van der Waals surface area contributed by atoms with E-state index in [9.17, 15) is 17.6 Å². The molecule has 1 aromatic rings. The predicted octanol–water partition coefficient (Wildman–Crippen LogP) is 2.16. The van der Waals surface area contributed by atoms with Gasteiger partial charge in [0.15, 0.2) is 0 Å². The number of benzene rings is 1. The molecule has 1 aromatic carbocycles. The number of hydrogen-bond donors (Lipinski definition) is 2. The number of carboxylic acid groups (broad SMARTS) is 1. The summed E-state index contributed by atoms with van der Waals surface area (Å²) in [5.74, 6) is -2.35. The number of hydrogen-bond acceptors (Lipinski definition) is 3. The van der Waals surface area contributed by atoms with Gasteiger partial charge in [-0.3, -0.25) is 4.79 Å². The molecule has 0 aliphatic rings. The van der Waals surface area contributed by atoms with Crippen molar-refractivity contribution in [2.75, 3.05) is 6.54 Å². The molecule has 0 aromatic heterocycles. The van der Waals surface area contributed by atoms with Gasteiger partial charge in [0.1, 0.15) is 5.82 Å². The van der Waals surface area contributed by atoms with Gasteiger partial charge in [-0.1, -0.05) is 19.9 Å². The van der Waals surface area contributed by atoms with Crippen molar-refractivity contribution in [3.8, 4) is 0 Å². The highest BCUT2D eigenvalue weighted by atomic mass is 32.2. The van der Waals surface area contributed by atoms with Crippen molar-refractivity contribution in [2.24, 2.45) is 11.8 Å². The molecule has 2 N–H and O–H groups in total. The minimum absolute atomic E-state index is 0.132. The molecule has 0 amide bonds. The van der Waals surface area contributed by atoms with E-state index in [-0.39, 0.29) is 17.4 Å². The predicted molar refractivity (Wildman–Crippen MR) is 76.9 cm³/mol. The Morgan fingerprint density at radius 3 is 2.48 bits per heavy atom. The minimum Gasteiger partial charge on any atom is -0.481 e. The first-order valence-corrected chi connectivity index (χ1v) is 8.10. The van der Waals surface area contributed by atoms with Gasteiger partial charge < -0.3 is 5.11 Å². The van der Waals surface area contributed by atoms with E-state index in [2.05, 4.69) is 4.72 Å². The second-order valence-corrected chi connectivity index (χ2v) is 7.19. The second kappa shape index (κ2) is 7.00. The smallest absolute Gasteiger partial charge is 0.307 e. The van der Waals surface area contributed by atoms with E-state index in [1.165, 1.54) is 19.1 Å². The van der Waals surface area contributed by atoms with Crippen molar-refractivity contribution in [3.63, 3.8) is 0 Å². The number of carboxylic acids is 1. The van der Waals surface area contributed by atoms with Gasteiger partial charge in [0.05, 0.1) is 10.8 Å². The van der Waals surface area contributed by atoms with E-state index in [0.717, 1.165) is 6.07 Å². The minimum atomic E-state index is -3.92. The van der Waals surface area contributed by atoms with Gasteiger partial charge in [0, 0.05) is 6.54 Å². The second-order valence-electron chi connectivity index (χ2n) is 5.43. The van der Waals surface area contributed by atoms with E-state index in [1.807, 2.05) is 13.8 Å². The molecule has 1 rings (SSSR count). The molecule has 0 aliphatic carbocycles. The van der Waals surface area contributed by atoms with Crippen LogP contribution in [0.3, 0.4) is 0 Å². The van der Waals surface area contributed by atoms with Gasteiger partial charge in [-0.25, -0.2) is 17.5 Å². The highest BCUT2D eigenvalue weighted by molar-refractivity contribution is 7.89. The third-order valence-corrected chi connectivity index (χ3v) is 4.50. The van der Waals surface area contributed by atoms with Gasteiger partial charge in [-0.2, -0.15) is 0 Å². The summed E-state index contributed by atoms with van der Waals surface area (Å²) >= 11 is 0.